The molecule has 3 aromatic rings. The van der Waals surface area contributed by atoms with Crippen LogP contribution in [-0.4, -0.2) is 21.9 Å². The van der Waals surface area contributed by atoms with Crippen molar-refractivity contribution in [1.29, 1.82) is 0 Å². The van der Waals surface area contributed by atoms with E-state index >= 15 is 0 Å². The first-order valence-corrected chi connectivity index (χ1v) is 8.08. The summed E-state index contributed by atoms with van der Waals surface area (Å²) in [6, 6.07) is 16.6. The number of benzene rings is 2. The number of aryl methyl sites for hydroxylation is 1. The number of hydrogen-bond donors (Lipinski definition) is 2. The Labute approximate surface area is 134 Å². The van der Waals surface area contributed by atoms with E-state index in [1.807, 2.05) is 24.3 Å². The minimum atomic E-state index is 0.100. The molecular weight excluding hydrogens is 286 g/mol. The summed E-state index contributed by atoms with van der Waals surface area (Å²) in [6.45, 7) is 0. The molecule has 4 nitrogen and oxygen atoms in total. The number of imidazole rings is 1. The standard InChI is InChI=1S/C19H19N3O/c23-19(20-15-11-13-5-1-2-6-14(13)12-15)10-9-18-21-16-7-3-4-8-17(16)22-18/h1-8,15H,9-12H2,(H,20,23)(H,21,22). The zero-order valence-electron chi connectivity index (χ0n) is 12.9. The molecule has 0 fully saturated rings. The third kappa shape index (κ3) is 2.97. The third-order valence-electron chi connectivity index (χ3n) is 4.44. The van der Waals surface area contributed by atoms with Gasteiger partial charge in [0.15, 0.2) is 0 Å². The van der Waals surface area contributed by atoms with Crippen LogP contribution in [0.3, 0.4) is 0 Å². The van der Waals surface area contributed by atoms with E-state index in [4.69, 9.17) is 0 Å². The summed E-state index contributed by atoms with van der Waals surface area (Å²) in [7, 11) is 0. The Balaban J connectivity index is 1.32. The monoisotopic (exact) mass is 305 g/mol. The van der Waals surface area contributed by atoms with Crippen LogP contribution in [0, 0.1) is 0 Å². The Bertz CT molecular complexity index is 794. The van der Waals surface area contributed by atoms with Crippen molar-refractivity contribution in [2.45, 2.75) is 31.7 Å². The normalized spacial score (nSPS) is 14.1. The van der Waals surface area contributed by atoms with Crippen LogP contribution >= 0.6 is 0 Å². The number of carbonyl (C=O) groups excluding carboxylic acids is 1. The minimum Gasteiger partial charge on any atom is -0.353 e. The summed E-state index contributed by atoms with van der Waals surface area (Å²) in [6.07, 6.45) is 2.98. The lowest BCUT2D eigenvalue weighted by atomic mass is 10.1. The maximum absolute atomic E-state index is 12.2. The van der Waals surface area contributed by atoms with Crippen molar-refractivity contribution in [3.8, 4) is 0 Å². The molecule has 116 valence electrons. The number of H-pyrrole nitrogens is 1. The highest BCUT2D eigenvalue weighted by molar-refractivity contribution is 5.77. The van der Waals surface area contributed by atoms with Gasteiger partial charge in [-0.2, -0.15) is 0 Å². The highest BCUT2D eigenvalue weighted by atomic mass is 16.1. The second-order valence-electron chi connectivity index (χ2n) is 6.14. The van der Waals surface area contributed by atoms with Gasteiger partial charge < -0.3 is 10.3 Å². The number of carbonyl (C=O) groups is 1. The smallest absolute Gasteiger partial charge is 0.220 e. The molecule has 0 atom stereocenters. The summed E-state index contributed by atoms with van der Waals surface area (Å²) in [5.41, 5.74) is 4.69. The molecule has 1 amide bonds. The predicted octanol–water partition coefficient (Wildman–Crippen LogP) is 2.78. The minimum absolute atomic E-state index is 0.100. The molecule has 1 aliphatic rings. The number of aromatic amines is 1. The molecule has 0 bridgehead atoms. The zero-order chi connectivity index (χ0) is 15.6. The van der Waals surface area contributed by atoms with Crippen molar-refractivity contribution < 1.29 is 4.79 Å². The molecule has 1 heterocycles. The Morgan fingerprint density at radius 1 is 1.09 bits per heavy atom. The van der Waals surface area contributed by atoms with Crippen LogP contribution in [-0.2, 0) is 24.1 Å². The number of fused-ring (bicyclic) bond motifs is 2. The van der Waals surface area contributed by atoms with E-state index in [1.54, 1.807) is 0 Å². The molecule has 1 aliphatic carbocycles. The molecule has 4 rings (SSSR count). The van der Waals surface area contributed by atoms with Gasteiger partial charge in [-0.25, -0.2) is 4.98 Å². The van der Waals surface area contributed by atoms with Crippen LogP contribution in [0.15, 0.2) is 48.5 Å². The first-order chi connectivity index (χ1) is 11.3. The molecule has 2 N–H and O–H groups in total. The van der Waals surface area contributed by atoms with Crippen LogP contribution < -0.4 is 5.32 Å². The number of rotatable bonds is 4. The van der Waals surface area contributed by atoms with Crippen molar-refractivity contribution in [2.75, 3.05) is 0 Å². The van der Waals surface area contributed by atoms with Crippen LogP contribution in [0.4, 0.5) is 0 Å². The Hall–Kier alpha value is -2.62. The largest absolute Gasteiger partial charge is 0.353 e. The summed E-state index contributed by atoms with van der Waals surface area (Å²) in [5.74, 6) is 0.972. The molecule has 0 saturated carbocycles. The van der Waals surface area contributed by atoms with Gasteiger partial charge >= 0.3 is 0 Å². The van der Waals surface area contributed by atoms with E-state index < -0.39 is 0 Å². The predicted molar refractivity (Wildman–Crippen MR) is 90.2 cm³/mol. The van der Waals surface area contributed by atoms with Crippen LogP contribution in [0.2, 0.25) is 0 Å². The molecular formula is C19H19N3O. The van der Waals surface area contributed by atoms with Gasteiger partial charge in [0.25, 0.3) is 0 Å². The maximum Gasteiger partial charge on any atom is 0.220 e. The fourth-order valence-electron chi connectivity index (χ4n) is 3.32. The van der Waals surface area contributed by atoms with E-state index in [9.17, 15) is 4.79 Å². The average molecular weight is 305 g/mol. The molecule has 0 spiro atoms. The van der Waals surface area contributed by atoms with E-state index in [2.05, 4.69) is 39.6 Å². The van der Waals surface area contributed by atoms with Gasteiger partial charge in [-0.3, -0.25) is 4.79 Å². The lowest BCUT2D eigenvalue weighted by Crippen LogP contribution is -2.35. The number of para-hydroxylation sites is 2. The fourth-order valence-corrected chi connectivity index (χ4v) is 3.32. The van der Waals surface area contributed by atoms with Gasteiger partial charge in [0.05, 0.1) is 11.0 Å². The van der Waals surface area contributed by atoms with Crippen molar-refractivity contribution in [2.24, 2.45) is 0 Å². The van der Waals surface area contributed by atoms with Gasteiger partial charge in [0, 0.05) is 18.9 Å². The Morgan fingerprint density at radius 3 is 2.52 bits per heavy atom. The van der Waals surface area contributed by atoms with Gasteiger partial charge in [0.1, 0.15) is 5.82 Å². The number of aromatic nitrogens is 2. The third-order valence-corrected chi connectivity index (χ3v) is 4.44. The molecule has 4 heteroatoms. The van der Waals surface area contributed by atoms with Gasteiger partial charge in [0.2, 0.25) is 5.91 Å². The van der Waals surface area contributed by atoms with Crippen LogP contribution in [0.25, 0.3) is 11.0 Å². The molecule has 2 aromatic carbocycles. The first kappa shape index (κ1) is 14.0. The molecule has 0 saturated heterocycles. The van der Waals surface area contributed by atoms with Crippen molar-refractivity contribution in [3.05, 3.63) is 65.5 Å². The van der Waals surface area contributed by atoms with Crippen molar-refractivity contribution in [1.82, 2.24) is 15.3 Å². The molecule has 0 radical (unpaired) electrons. The lowest BCUT2D eigenvalue weighted by molar-refractivity contribution is -0.121. The average Bonchev–Trinajstić information content (AvgIpc) is 3.15. The van der Waals surface area contributed by atoms with Crippen LogP contribution in [0.1, 0.15) is 23.4 Å². The zero-order valence-corrected chi connectivity index (χ0v) is 12.9. The topological polar surface area (TPSA) is 57.8 Å². The summed E-state index contributed by atoms with van der Waals surface area (Å²) >= 11 is 0. The second kappa shape index (κ2) is 5.88. The molecule has 0 unspecified atom stereocenters. The van der Waals surface area contributed by atoms with E-state index in [0.29, 0.717) is 12.8 Å². The van der Waals surface area contributed by atoms with E-state index in [0.717, 1.165) is 29.7 Å². The molecule has 23 heavy (non-hydrogen) atoms. The van der Waals surface area contributed by atoms with Gasteiger partial charge in [-0.1, -0.05) is 36.4 Å². The van der Waals surface area contributed by atoms with E-state index in [-0.39, 0.29) is 11.9 Å². The number of amides is 1. The summed E-state index contributed by atoms with van der Waals surface area (Å²) < 4.78 is 0. The van der Waals surface area contributed by atoms with Crippen molar-refractivity contribution in [3.63, 3.8) is 0 Å². The lowest BCUT2D eigenvalue weighted by Gasteiger charge is -2.11. The fraction of sp³-hybridized carbons (Fsp3) is 0.263. The summed E-state index contributed by atoms with van der Waals surface area (Å²) in [4.78, 5) is 20.0. The van der Waals surface area contributed by atoms with E-state index in [1.165, 1.54) is 11.1 Å². The van der Waals surface area contributed by atoms with Crippen LogP contribution in [0.5, 0.6) is 0 Å². The Kier molecular flexibility index (Phi) is 3.58. The highest BCUT2D eigenvalue weighted by Crippen LogP contribution is 2.21. The van der Waals surface area contributed by atoms with Crippen molar-refractivity contribution >= 4 is 16.9 Å². The van der Waals surface area contributed by atoms with Gasteiger partial charge in [-0.05, 0) is 36.1 Å². The number of nitrogens with zero attached hydrogens (tertiary/aromatic N) is 1. The second-order valence-corrected chi connectivity index (χ2v) is 6.14. The van der Waals surface area contributed by atoms with Gasteiger partial charge in [-0.15, -0.1) is 0 Å². The number of hydrogen-bond acceptors (Lipinski definition) is 2. The number of nitrogens with one attached hydrogen (secondary N) is 2. The molecule has 1 aromatic heterocycles. The highest BCUT2D eigenvalue weighted by Gasteiger charge is 2.22. The quantitative estimate of drug-likeness (QED) is 0.778. The Morgan fingerprint density at radius 2 is 1.78 bits per heavy atom. The first-order valence-electron chi connectivity index (χ1n) is 8.08. The maximum atomic E-state index is 12.2. The summed E-state index contributed by atoms with van der Waals surface area (Å²) in [5, 5.41) is 3.15. The SMILES string of the molecule is O=C(CCc1nc2ccccc2[nH]1)NC1Cc2ccccc2C1. The molecule has 0 aliphatic heterocycles.